The van der Waals surface area contributed by atoms with E-state index in [0.29, 0.717) is 18.0 Å². The smallest absolute Gasteiger partial charge is 0.229 e. The third-order valence-electron chi connectivity index (χ3n) is 6.79. The standard InChI is InChI=1S/C29H31FN2O4S/c1-20-26-16-24(31-37(2,33)34)10-13-27(26)36-29(28(20)22-6-4-3-5-7-22)23-8-11-25(12-9-23)35-15-14-32-18-21(17-30)19-32/h3-13,16,21,29,31H,14-15,17-19H2,1-2H3/t29-/m0/s1. The fourth-order valence-electron chi connectivity index (χ4n) is 4.94. The van der Waals surface area contributed by atoms with Gasteiger partial charge in [-0.25, -0.2) is 8.42 Å². The van der Waals surface area contributed by atoms with E-state index in [0.717, 1.165) is 59.5 Å². The summed E-state index contributed by atoms with van der Waals surface area (Å²) in [5.41, 5.74) is 5.43. The Balaban J connectivity index is 1.39. The van der Waals surface area contributed by atoms with Crippen LogP contribution in [0.5, 0.6) is 11.5 Å². The molecule has 194 valence electrons. The molecule has 0 unspecified atom stereocenters. The minimum absolute atomic E-state index is 0.178. The van der Waals surface area contributed by atoms with E-state index in [-0.39, 0.29) is 18.7 Å². The molecular formula is C29H31FN2O4S. The van der Waals surface area contributed by atoms with Crippen molar-refractivity contribution in [1.29, 1.82) is 0 Å². The van der Waals surface area contributed by atoms with Gasteiger partial charge in [0.15, 0.2) is 0 Å². The predicted octanol–water partition coefficient (Wildman–Crippen LogP) is 5.40. The topological polar surface area (TPSA) is 67.9 Å². The molecule has 3 aromatic carbocycles. The van der Waals surface area contributed by atoms with E-state index in [1.807, 2.05) is 61.5 Å². The molecule has 0 radical (unpaired) electrons. The minimum atomic E-state index is -3.39. The number of allylic oxidation sites excluding steroid dienone is 1. The molecule has 8 heteroatoms. The Morgan fingerprint density at radius 1 is 1.05 bits per heavy atom. The molecule has 1 N–H and O–H groups in total. The summed E-state index contributed by atoms with van der Waals surface area (Å²) in [4.78, 5) is 2.20. The largest absolute Gasteiger partial charge is 0.492 e. The number of rotatable bonds is 9. The first kappa shape index (κ1) is 25.3. The van der Waals surface area contributed by atoms with Crippen molar-refractivity contribution in [1.82, 2.24) is 4.90 Å². The van der Waals surface area contributed by atoms with E-state index < -0.39 is 10.0 Å². The quantitative estimate of drug-likeness (QED) is 0.408. The number of halogens is 1. The van der Waals surface area contributed by atoms with Gasteiger partial charge in [-0.3, -0.25) is 14.0 Å². The van der Waals surface area contributed by atoms with Crippen molar-refractivity contribution < 1.29 is 22.3 Å². The average Bonchev–Trinajstić information content (AvgIpc) is 2.85. The van der Waals surface area contributed by atoms with Gasteiger partial charge in [-0.05, 0) is 54.0 Å². The summed E-state index contributed by atoms with van der Waals surface area (Å²) in [7, 11) is -3.39. The van der Waals surface area contributed by atoms with Crippen molar-refractivity contribution in [2.75, 3.05) is 43.9 Å². The number of sulfonamides is 1. The van der Waals surface area contributed by atoms with Crippen LogP contribution in [-0.2, 0) is 10.0 Å². The Hall–Kier alpha value is -3.36. The van der Waals surface area contributed by atoms with Crippen LogP contribution in [0.4, 0.5) is 10.1 Å². The van der Waals surface area contributed by atoms with Crippen molar-refractivity contribution in [2.45, 2.75) is 13.0 Å². The van der Waals surface area contributed by atoms with Crippen LogP contribution in [0.2, 0.25) is 0 Å². The lowest BCUT2D eigenvalue weighted by Gasteiger charge is -2.37. The second-order valence-electron chi connectivity index (χ2n) is 9.69. The highest BCUT2D eigenvalue weighted by atomic mass is 32.2. The lowest BCUT2D eigenvalue weighted by atomic mass is 9.86. The summed E-state index contributed by atoms with van der Waals surface area (Å²) in [6.45, 7) is 4.75. The van der Waals surface area contributed by atoms with Gasteiger partial charge in [-0.1, -0.05) is 42.5 Å². The zero-order valence-corrected chi connectivity index (χ0v) is 21.8. The summed E-state index contributed by atoms with van der Waals surface area (Å²) in [6.07, 6.45) is 0.800. The monoisotopic (exact) mass is 522 g/mol. The Bertz CT molecular complexity index is 1390. The van der Waals surface area contributed by atoms with Crippen LogP contribution < -0.4 is 14.2 Å². The number of hydrogen-bond donors (Lipinski definition) is 1. The second-order valence-corrected chi connectivity index (χ2v) is 11.4. The van der Waals surface area contributed by atoms with E-state index in [9.17, 15) is 12.8 Å². The summed E-state index contributed by atoms with van der Waals surface area (Å²) < 4.78 is 51.1. The number of likely N-dealkylation sites (tertiary alicyclic amines) is 1. The van der Waals surface area contributed by atoms with Crippen molar-refractivity contribution in [3.05, 3.63) is 89.5 Å². The number of alkyl halides is 1. The highest BCUT2D eigenvalue weighted by Crippen LogP contribution is 2.47. The zero-order chi connectivity index (χ0) is 26.0. The molecule has 0 aliphatic carbocycles. The fraction of sp³-hybridized carbons (Fsp3) is 0.310. The van der Waals surface area contributed by atoms with E-state index >= 15 is 0 Å². The van der Waals surface area contributed by atoms with E-state index in [4.69, 9.17) is 9.47 Å². The lowest BCUT2D eigenvalue weighted by molar-refractivity contribution is 0.0668. The Labute approximate surface area is 217 Å². The third-order valence-corrected chi connectivity index (χ3v) is 7.40. The van der Waals surface area contributed by atoms with Crippen molar-refractivity contribution >= 4 is 26.9 Å². The van der Waals surface area contributed by atoms with Gasteiger partial charge in [0.25, 0.3) is 0 Å². The molecule has 2 heterocycles. The van der Waals surface area contributed by atoms with Gasteiger partial charge in [0.05, 0.1) is 12.9 Å². The molecular weight excluding hydrogens is 491 g/mol. The molecule has 1 fully saturated rings. The maximum absolute atomic E-state index is 12.6. The Morgan fingerprint density at radius 2 is 1.78 bits per heavy atom. The summed E-state index contributed by atoms with van der Waals surface area (Å²) >= 11 is 0. The van der Waals surface area contributed by atoms with E-state index in [1.165, 1.54) is 0 Å². The first-order valence-electron chi connectivity index (χ1n) is 12.4. The van der Waals surface area contributed by atoms with E-state index in [1.54, 1.807) is 6.07 Å². The van der Waals surface area contributed by atoms with Gasteiger partial charge in [0.1, 0.15) is 24.2 Å². The third kappa shape index (κ3) is 5.81. The predicted molar refractivity (Wildman–Crippen MR) is 145 cm³/mol. The Kier molecular flexibility index (Phi) is 7.22. The van der Waals surface area contributed by atoms with Crippen molar-refractivity contribution in [3.8, 4) is 11.5 Å². The lowest BCUT2D eigenvalue weighted by Crippen LogP contribution is -2.49. The number of benzene rings is 3. The van der Waals surface area contributed by atoms with Gasteiger partial charge < -0.3 is 9.47 Å². The molecule has 2 aliphatic heterocycles. The molecule has 37 heavy (non-hydrogen) atoms. The second kappa shape index (κ2) is 10.6. The summed E-state index contributed by atoms with van der Waals surface area (Å²) in [5, 5.41) is 0. The molecule has 0 bridgehead atoms. The maximum Gasteiger partial charge on any atom is 0.229 e. The summed E-state index contributed by atoms with van der Waals surface area (Å²) in [5.74, 6) is 1.65. The molecule has 0 spiro atoms. The molecule has 5 rings (SSSR count). The van der Waals surface area contributed by atoms with E-state index in [2.05, 4.69) is 21.8 Å². The van der Waals surface area contributed by atoms with Crippen LogP contribution in [0.3, 0.4) is 0 Å². The highest BCUT2D eigenvalue weighted by Gasteiger charge is 2.30. The molecule has 0 aromatic heterocycles. The van der Waals surface area contributed by atoms with Crippen LogP contribution in [0.25, 0.3) is 11.1 Å². The van der Waals surface area contributed by atoms with Crippen LogP contribution in [-0.4, -0.2) is 52.5 Å². The number of nitrogens with one attached hydrogen (secondary N) is 1. The van der Waals surface area contributed by atoms with Crippen LogP contribution in [0, 0.1) is 5.92 Å². The van der Waals surface area contributed by atoms with Crippen LogP contribution in [0.15, 0.2) is 72.8 Å². The van der Waals surface area contributed by atoms with Gasteiger partial charge in [0, 0.05) is 42.4 Å². The zero-order valence-electron chi connectivity index (χ0n) is 21.0. The fourth-order valence-corrected chi connectivity index (χ4v) is 5.49. The van der Waals surface area contributed by atoms with Crippen molar-refractivity contribution in [2.24, 2.45) is 5.92 Å². The summed E-state index contributed by atoms with van der Waals surface area (Å²) in [6, 6.07) is 23.3. The Morgan fingerprint density at radius 3 is 2.46 bits per heavy atom. The molecule has 1 atom stereocenters. The van der Waals surface area contributed by atoms with Gasteiger partial charge in [0.2, 0.25) is 10.0 Å². The number of ether oxygens (including phenoxy) is 2. The van der Waals surface area contributed by atoms with Gasteiger partial charge in [-0.15, -0.1) is 0 Å². The van der Waals surface area contributed by atoms with Crippen LogP contribution in [0.1, 0.15) is 29.7 Å². The maximum atomic E-state index is 12.6. The molecule has 0 amide bonds. The van der Waals surface area contributed by atoms with Gasteiger partial charge >= 0.3 is 0 Å². The number of anilines is 1. The molecule has 1 saturated heterocycles. The molecule has 3 aromatic rings. The SMILES string of the molecule is CC1=C(c2ccccc2)[C@H](c2ccc(OCCN3CC(CF)C3)cc2)Oc2ccc(NS(C)(=O)=O)cc21. The highest BCUT2D eigenvalue weighted by molar-refractivity contribution is 7.92. The van der Waals surface area contributed by atoms with Gasteiger partial charge in [-0.2, -0.15) is 0 Å². The average molecular weight is 523 g/mol. The minimum Gasteiger partial charge on any atom is -0.492 e. The van der Waals surface area contributed by atoms with Crippen LogP contribution >= 0.6 is 0 Å². The first-order chi connectivity index (χ1) is 17.8. The number of fused-ring (bicyclic) bond motifs is 1. The van der Waals surface area contributed by atoms with Crippen molar-refractivity contribution in [3.63, 3.8) is 0 Å². The number of hydrogen-bond acceptors (Lipinski definition) is 5. The normalized spacial score (nSPS) is 18.1. The first-order valence-corrected chi connectivity index (χ1v) is 14.3. The molecule has 0 saturated carbocycles. The molecule has 2 aliphatic rings. The molecule has 6 nitrogen and oxygen atoms in total. The number of nitrogens with zero attached hydrogens (tertiary/aromatic N) is 1.